The van der Waals surface area contributed by atoms with Crippen LogP contribution in [0.15, 0.2) is 72.5 Å². The van der Waals surface area contributed by atoms with Gasteiger partial charge in [-0.25, -0.2) is 5.43 Å². The second-order valence-corrected chi connectivity index (χ2v) is 5.11. The van der Waals surface area contributed by atoms with Crippen molar-refractivity contribution < 1.29 is 9.53 Å². The molecule has 0 saturated carbocycles. The van der Waals surface area contributed by atoms with Crippen LogP contribution >= 0.6 is 0 Å². The van der Waals surface area contributed by atoms with Gasteiger partial charge in [0, 0.05) is 28.2 Å². The number of aromatic nitrogens is 1. The van der Waals surface area contributed by atoms with E-state index in [0.717, 1.165) is 16.5 Å². The Bertz CT molecular complexity index is 879. The maximum atomic E-state index is 12.1. The Hall–Kier alpha value is -3.34. The quantitative estimate of drug-likeness (QED) is 0.415. The van der Waals surface area contributed by atoms with Crippen LogP contribution in [0, 0.1) is 0 Å². The molecule has 3 rings (SSSR count). The van der Waals surface area contributed by atoms with Gasteiger partial charge < -0.3 is 9.72 Å². The highest BCUT2D eigenvalue weighted by Gasteiger charge is 2.05. The number of nitrogens with zero attached hydrogens (tertiary/aromatic N) is 1. The lowest BCUT2D eigenvalue weighted by Gasteiger charge is -2.04. The number of carbonyl (C=O) groups is 1. The van der Waals surface area contributed by atoms with Gasteiger partial charge >= 0.3 is 0 Å². The van der Waals surface area contributed by atoms with Gasteiger partial charge in [0.15, 0.2) is 0 Å². The number of hydrazone groups is 1. The second-order valence-electron chi connectivity index (χ2n) is 5.11. The lowest BCUT2D eigenvalue weighted by Crippen LogP contribution is -2.17. The Labute approximate surface area is 139 Å². The Morgan fingerprint density at radius 2 is 2.00 bits per heavy atom. The van der Waals surface area contributed by atoms with Crippen molar-refractivity contribution in [3.63, 3.8) is 0 Å². The Morgan fingerprint density at radius 3 is 2.79 bits per heavy atom. The molecule has 3 aromatic rings. The summed E-state index contributed by atoms with van der Waals surface area (Å²) in [4.78, 5) is 15.2. The first-order valence-corrected chi connectivity index (χ1v) is 7.51. The highest BCUT2D eigenvalue weighted by molar-refractivity contribution is 6.00. The molecule has 1 aromatic heterocycles. The fourth-order valence-corrected chi connectivity index (χ4v) is 2.28. The van der Waals surface area contributed by atoms with Gasteiger partial charge in [-0.2, -0.15) is 5.10 Å². The Kier molecular flexibility index (Phi) is 4.72. The van der Waals surface area contributed by atoms with E-state index in [4.69, 9.17) is 4.74 Å². The van der Waals surface area contributed by atoms with E-state index < -0.39 is 0 Å². The van der Waals surface area contributed by atoms with Gasteiger partial charge in [0.2, 0.25) is 0 Å². The van der Waals surface area contributed by atoms with E-state index in [1.54, 1.807) is 36.6 Å². The molecule has 0 aliphatic rings. The number of fused-ring (bicyclic) bond motifs is 1. The summed E-state index contributed by atoms with van der Waals surface area (Å²) in [6, 6.07) is 14.8. The molecule has 2 N–H and O–H groups in total. The monoisotopic (exact) mass is 319 g/mol. The van der Waals surface area contributed by atoms with Gasteiger partial charge in [0.05, 0.1) is 6.21 Å². The molecule has 5 nitrogen and oxygen atoms in total. The predicted molar refractivity (Wildman–Crippen MR) is 95.5 cm³/mol. The highest BCUT2D eigenvalue weighted by Crippen LogP contribution is 2.15. The predicted octanol–water partition coefficient (Wildman–Crippen LogP) is 3.50. The molecule has 0 atom stereocenters. The molecule has 24 heavy (non-hydrogen) atoms. The molecule has 0 aliphatic carbocycles. The van der Waals surface area contributed by atoms with Crippen molar-refractivity contribution in [2.45, 2.75) is 0 Å². The van der Waals surface area contributed by atoms with Crippen molar-refractivity contribution in [2.75, 3.05) is 6.61 Å². The lowest BCUT2D eigenvalue weighted by molar-refractivity contribution is 0.0955. The molecule has 2 aromatic carbocycles. The van der Waals surface area contributed by atoms with Crippen LogP contribution in [0.2, 0.25) is 0 Å². The number of H-pyrrole nitrogens is 1. The molecular weight excluding hydrogens is 302 g/mol. The number of hydrogen-bond acceptors (Lipinski definition) is 3. The third-order valence-corrected chi connectivity index (χ3v) is 3.48. The summed E-state index contributed by atoms with van der Waals surface area (Å²) in [7, 11) is 0. The summed E-state index contributed by atoms with van der Waals surface area (Å²) in [6.45, 7) is 4.02. The molecule has 1 heterocycles. The molecule has 1 amide bonds. The van der Waals surface area contributed by atoms with Crippen LogP contribution in [0.25, 0.3) is 10.9 Å². The van der Waals surface area contributed by atoms with Crippen LogP contribution in [-0.2, 0) is 0 Å². The van der Waals surface area contributed by atoms with Crippen LogP contribution in [-0.4, -0.2) is 23.7 Å². The maximum Gasteiger partial charge on any atom is 0.271 e. The van der Waals surface area contributed by atoms with Crippen LogP contribution in [0.4, 0.5) is 0 Å². The summed E-state index contributed by atoms with van der Waals surface area (Å²) < 4.78 is 5.38. The third-order valence-electron chi connectivity index (χ3n) is 3.48. The number of nitrogens with one attached hydrogen (secondary N) is 2. The van der Waals surface area contributed by atoms with Gasteiger partial charge in [-0.1, -0.05) is 30.9 Å². The average Bonchev–Trinajstić information content (AvgIpc) is 3.03. The van der Waals surface area contributed by atoms with E-state index in [9.17, 15) is 4.79 Å². The van der Waals surface area contributed by atoms with Crippen LogP contribution in [0.3, 0.4) is 0 Å². The maximum absolute atomic E-state index is 12.1. The standard InChI is InChI=1S/C19H17N3O2/c1-2-11-24-16-9-7-14(8-10-16)19(23)22-21-13-15-12-20-18-6-4-3-5-17(15)18/h2-10,12-13,20H,1,11H2,(H,22,23)/b21-13+. The number of rotatable bonds is 6. The third kappa shape index (κ3) is 3.52. The molecule has 0 aliphatic heterocycles. The zero-order valence-electron chi connectivity index (χ0n) is 13.0. The highest BCUT2D eigenvalue weighted by atomic mass is 16.5. The van der Waals surface area contributed by atoms with Crippen molar-refractivity contribution >= 4 is 23.0 Å². The van der Waals surface area contributed by atoms with E-state index in [0.29, 0.717) is 17.9 Å². The van der Waals surface area contributed by atoms with Crippen LogP contribution < -0.4 is 10.2 Å². The number of hydrogen-bond donors (Lipinski definition) is 2. The fraction of sp³-hybridized carbons (Fsp3) is 0.0526. The summed E-state index contributed by atoms with van der Waals surface area (Å²) in [5.41, 5.74) is 4.98. The minimum Gasteiger partial charge on any atom is -0.490 e. The van der Waals surface area contributed by atoms with E-state index in [2.05, 4.69) is 22.1 Å². The van der Waals surface area contributed by atoms with Crippen molar-refractivity contribution in [3.05, 3.63) is 78.5 Å². The number of amides is 1. The number of benzene rings is 2. The van der Waals surface area contributed by atoms with Crippen LogP contribution in [0.5, 0.6) is 5.75 Å². The number of ether oxygens (including phenoxy) is 1. The van der Waals surface area contributed by atoms with Crippen molar-refractivity contribution in [1.82, 2.24) is 10.4 Å². The topological polar surface area (TPSA) is 66.5 Å². The zero-order chi connectivity index (χ0) is 16.8. The molecule has 120 valence electrons. The summed E-state index contributed by atoms with van der Waals surface area (Å²) >= 11 is 0. The molecule has 0 saturated heterocycles. The van der Waals surface area contributed by atoms with E-state index in [1.165, 1.54) is 0 Å². The normalized spacial score (nSPS) is 10.8. The first-order valence-electron chi connectivity index (χ1n) is 7.51. The van der Waals surface area contributed by atoms with E-state index in [-0.39, 0.29) is 5.91 Å². The average molecular weight is 319 g/mol. The van der Waals surface area contributed by atoms with Gasteiger partial charge in [0.1, 0.15) is 12.4 Å². The van der Waals surface area contributed by atoms with Crippen molar-refractivity contribution in [3.8, 4) is 5.75 Å². The van der Waals surface area contributed by atoms with E-state index in [1.807, 2.05) is 30.5 Å². The number of carbonyl (C=O) groups excluding carboxylic acids is 1. The molecule has 0 bridgehead atoms. The zero-order valence-corrected chi connectivity index (χ0v) is 13.0. The first kappa shape index (κ1) is 15.6. The van der Waals surface area contributed by atoms with Gasteiger partial charge in [-0.15, -0.1) is 0 Å². The summed E-state index contributed by atoms with van der Waals surface area (Å²) in [6.07, 6.45) is 5.14. The minimum absolute atomic E-state index is 0.277. The molecule has 0 radical (unpaired) electrons. The van der Waals surface area contributed by atoms with Crippen molar-refractivity contribution in [2.24, 2.45) is 5.10 Å². The first-order chi connectivity index (χ1) is 11.8. The summed E-state index contributed by atoms with van der Waals surface area (Å²) in [5.74, 6) is 0.412. The molecule has 0 fully saturated rings. The summed E-state index contributed by atoms with van der Waals surface area (Å²) in [5, 5.41) is 5.08. The largest absolute Gasteiger partial charge is 0.490 e. The van der Waals surface area contributed by atoms with Gasteiger partial charge in [-0.05, 0) is 30.3 Å². The number of aromatic amines is 1. The molecule has 0 spiro atoms. The Balaban J connectivity index is 1.63. The van der Waals surface area contributed by atoms with Gasteiger partial charge in [0.25, 0.3) is 5.91 Å². The smallest absolute Gasteiger partial charge is 0.271 e. The van der Waals surface area contributed by atoms with E-state index >= 15 is 0 Å². The SMILES string of the molecule is C=CCOc1ccc(C(=O)N/N=C/c2c[nH]c3ccccc23)cc1. The molecule has 0 unspecified atom stereocenters. The lowest BCUT2D eigenvalue weighted by atomic mass is 10.2. The van der Waals surface area contributed by atoms with Gasteiger partial charge in [-0.3, -0.25) is 4.79 Å². The second kappa shape index (κ2) is 7.28. The minimum atomic E-state index is -0.277. The molecular formula is C19H17N3O2. The fourth-order valence-electron chi connectivity index (χ4n) is 2.28. The number of para-hydroxylation sites is 1. The molecule has 5 heteroatoms. The Morgan fingerprint density at radius 1 is 1.21 bits per heavy atom. The van der Waals surface area contributed by atoms with Crippen LogP contribution in [0.1, 0.15) is 15.9 Å². The van der Waals surface area contributed by atoms with Crippen molar-refractivity contribution in [1.29, 1.82) is 0 Å².